The quantitative estimate of drug-likeness (QED) is 0.757. The summed E-state index contributed by atoms with van der Waals surface area (Å²) < 4.78 is 5.74. The van der Waals surface area contributed by atoms with Crippen LogP contribution >= 0.6 is 0 Å². The van der Waals surface area contributed by atoms with E-state index in [0.29, 0.717) is 19.7 Å². The van der Waals surface area contributed by atoms with E-state index in [1.54, 1.807) is 4.90 Å². The summed E-state index contributed by atoms with van der Waals surface area (Å²) in [6.45, 7) is 1.33. The average Bonchev–Trinajstić information content (AvgIpc) is 2.77. The Kier molecular flexibility index (Phi) is 6.75. The summed E-state index contributed by atoms with van der Waals surface area (Å²) in [5.41, 5.74) is 1.89. The van der Waals surface area contributed by atoms with E-state index < -0.39 is 11.8 Å². The molecule has 2 aromatic carbocycles. The highest BCUT2D eigenvalue weighted by Gasteiger charge is 2.26. The third-order valence-corrected chi connectivity index (χ3v) is 4.49. The summed E-state index contributed by atoms with van der Waals surface area (Å²) in [4.78, 5) is 37.8. The van der Waals surface area contributed by atoms with E-state index in [0.717, 1.165) is 11.1 Å². The predicted octanol–water partition coefficient (Wildman–Crippen LogP) is 1.02. The first-order chi connectivity index (χ1) is 13.6. The molecule has 2 aromatic rings. The number of carbonyl (C=O) groups is 3. The summed E-state index contributed by atoms with van der Waals surface area (Å²) in [6.07, 6.45) is -0.191. The van der Waals surface area contributed by atoms with Crippen molar-refractivity contribution in [2.75, 3.05) is 26.2 Å². The number of amides is 3. The first-order valence-corrected chi connectivity index (χ1v) is 9.18. The van der Waals surface area contributed by atoms with Crippen LogP contribution in [-0.2, 0) is 25.7 Å². The smallest absolute Gasteiger partial charge is 0.309 e. The van der Waals surface area contributed by atoms with Crippen LogP contribution in [0.4, 0.5) is 0 Å². The highest BCUT2D eigenvalue weighted by Crippen LogP contribution is 2.21. The van der Waals surface area contributed by atoms with Gasteiger partial charge in [-0.05, 0) is 11.1 Å². The molecule has 146 valence electrons. The standard InChI is InChI=1S/C21H23N3O4/c25-19(24-11-12-28-18(15-24)17-9-5-2-6-10-17)14-23-21(27)20(26)22-13-16-7-3-1-4-8-16/h1-10,18H,11-15H2,(H,22,26)(H,23,27)/t18-/m1/s1. The zero-order valence-electron chi connectivity index (χ0n) is 15.5. The maximum absolute atomic E-state index is 12.4. The molecular weight excluding hydrogens is 358 g/mol. The Morgan fingerprint density at radius 1 is 0.929 bits per heavy atom. The van der Waals surface area contributed by atoms with Gasteiger partial charge in [0.25, 0.3) is 0 Å². The Labute approximate surface area is 163 Å². The second kappa shape index (κ2) is 9.66. The molecule has 3 amide bonds. The molecule has 28 heavy (non-hydrogen) atoms. The predicted molar refractivity (Wildman–Crippen MR) is 103 cm³/mol. The maximum Gasteiger partial charge on any atom is 0.309 e. The molecule has 1 saturated heterocycles. The van der Waals surface area contributed by atoms with E-state index in [4.69, 9.17) is 4.74 Å². The van der Waals surface area contributed by atoms with Gasteiger partial charge in [0.05, 0.1) is 19.7 Å². The summed E-state index contributed by atoms with van der Waals surface area (Å²) in [5, 5.41) is 4.92. The van der Waals surface area contributed by atoms with Gasteiger partial charge in [0.15, 0.2) is 0 Å². The number of rotatable bonds is 5. The number of nitrogens with zero attached hydrogens (tertiary/aromatic N) is 1. The molecule has 1 aliphatic heterocycles. The highest BCUT2D eigenvalue weighted by atomic mass is 16.5. The van der Waals surface area contributed by atoms with Gasteiger partial charge in [-0.1, -0.05) is 60.7 Å². The minimum atomic E-state index is -0.822. The molecule has 0 unspecified atom stereocenters. The van der Waals surface area contributed by atoms with Crippen LogP contribution in [0.1, 0.15) is 17.2 Å². The topological polar surface area (TPSA) is 87.7 Å². The van der Waals surface area contributed by atoms with Gasteiger partial charge in [-0.2, -0.15) is 0 Å². The third-order valence-electron chi connectivity index (χ3n) is 4.49. The van der Waals surface area contributed by atoms with Crippen LogP contribution in [0.5, 0.6) is 0 Å². The number of benzene rings is 2. The van der Waals surface area contributed by atoms with Crippen molar-refractivity contribution in [2.45, 2.75) is 12.6 Å². The van der Waals surface area contributed by atoms with Crippen molar-refractivity contribution in [3.63, 3.8) is 0 Å². The summed E-state index contributed by atoms with van der Waals surface area (Å²) in [6, 6.07) is 19.0. The molecule has 0 spiro atoms. The molecule has 0 bridgehead atoms. The van der Waals surface area contributed by atoms with Crippen LogP contribution < -0.4 is 10.6 Å². The largest absolute Gasteiger partial charge is 0.370 e. The van der Waals surface area contributed by atoms with Crippen molar-refractivity contribution >= 4 is 17.7 Å². The lowest BCUT2D eigenvalue weighted by atomic mass is 10.1. The van der Waals surface area contributed by atoms with Crippen LogP contribution in [0.15, 0.2) is 60.7 Å². The van der Waals surface area contributed by atoms with Gasteiger partial charge in [-0.25, -0.2) is 0 Å². The Morgan fingerprint density at radius 3 is 2.29 bits per heavy atom. The Bertz CT molecular complexity index is 811. The maximum atomic E-state index is 12.4. The van der Waals surface area contributed by atoms with Gasteiger partial charge < -0.3 is 20.3 Å². The molecule has 1 aliphatic rings. The molecule has 0 aromatic heterocycles. The molecule has 1 atom stereocenters. The van der Waals surface area contributed by atoms with E-state index in [-0.39, 0.29) is 25.1 Å². The summed E-state index contributed by atoms with van der Waals surface area (Å²) >= 11 is 0. The Hall–Kier alpha value is -3.19. The van der Waals surface area contributed by atoms with E-state index >= 15 is 0 Å². The Morgan fingerprint density at radius 2 is 1.57 bits per heavy atom. The third kappa shape index (κ3) is 5.40. The fourth-order valence-electron chi connectivity index (χ4n) is 2.95. The second-order valence-electron chi connectivity index (χ2n) is 6.46. The van der Waals surface area contributed by atoms with Gasteiger partial charge in [-0.15, -0.1) is 0 Å². The van der Waals surface area contributed by atoms with E-state index in [9.17, 15) is 14.4 Å². The lowest BCUT2D eigenvalue weighted by Crippen LogP contribution is -2.48. The van der Waals surface area contributed by atoms with Crippen molar-refractivity contribution < 1.29 is 19.1 Å². The zero-order valence-corrected chi connectivity index (χ0v) is 15.5. The number of hydrogen-bond acceptors (Lipinski definition) is 4. The van der Waals surface area contributed by atoms with Crippen LogP contribution in [0.25, 0.3) is 0 Å². The lowest BCUT2D eigenvalue weighted by molar-refractivity contribution is -0.142. The SMILES string of the molecule is O=C(NCC(=O)N1CCO[C@@H](c2ccccc2)C1)C(=O)NCc1ccccc1. The van der Waals surface area contributed by atoms with Gasteiger partial charge in [0, 0.05) is 13.1 Å². The van der Waals surface area contributed by atoms with Crippen LogP contribution in [0, 0.1) is 0 Å². The Balaban J connectivity index is 1.44. The van der Waals surface area contributed by atoms with Gasteiger partial charge >= 0.3 is 11.8 Å². The fraction of sp³-hybridized carbons (Fsp3) is 0.286. The molecule has 1 fully saturated rings. The fourth-order valence-corrected chi connectivity index (χ4v) is 2.95. The van der Waals surface area contributed by atoms with E-state index in [1.807, 2.05) is 60.7 Å². The monoisotopic (exact) mass is 381 g/mol. The number of carbonyl (C=O) groups excluding carboxylic acids is 3. The van der Waals surface area contributed by atoms with E-state index in [2.05, 4.69) is 10.6 Å². The normalized spacial score (nSPS) is 16.3. The van der Waals surface area contributed by atoms with Crippen molar-refractivity contribution in [1.29, 1.82) is 0 Å². The van der Waals surface area contributed by atoms with Crippen molar-refractivity contribution in [3.05, 3.63) is 71.8 Å². The first-order valence-electron chi connectivity index (χ1n) is 9.18. The molecule has 2 N–H and O–H groups in total. The van der Waals surface area contributed by atoms with Gasteiger partial charge in [0.1, 0.15) is 6.10 Å². The number of nitrogens with one attached hydrogen (secondary N) is 2. The van der Waals surface area contributed by atoms with Crippen molar-refractivity contribution in [3.8, 4) is 0 Å². The molecule has 0 saturated carbocycles. The summed E-state index contributed by atoms with van der Waals surface area (Å²) in [5.74, 6) is -1.83. The minimum absolute atomic E-state index is 0.191. The molecule has 0 radical (unpaired) electrons. The van der Waals surface area contributed by atoms with E-state index in [1.165, 1.54) is 0 Å². The first kappa shape index (κ1) is 19.6. The molecule has 7 nitrogen and oxygen atoms in total. The van der Waals surface area contributed by atoms with Crippen molar-refractivity contribution in [2.24, 2.45) is 0 Å². The molecule has 7 heteroatoms. The second-order valence-corrected chi connectivity index (χ2v) is 6.46. The number of ether oxygens (including phenoxy) is 1. The lowest BCUT2D eigenvalue weighted by Gasteiger charge is -2.33. The van der Waals surface area contributed by atoms with Crippen LogP contribution in [0.3, 0.4) is 0 Å². The minimum Gasteiger partial charge on any atom is -0.370 e. The molecular formula is C21H23N3O4. The average molecular weight is 381 g/mol. The number of morpholine rings is 1. The highest BCUT2D eigenvalue weighted by molar-refractivity contribution is 6.35. The van der Waals surface area contributed by atoms with Gasteiger partial charge in [0.2, 0.25) is 5.91 Å². The molecule has 3 rings (SSSR count). The summed E-state index contributed by atoms with van der Waals surface area (Å²) in [7, 11) is 0. The molecule has 0 aliphatic carbocycles. The molecule has 1 heterocycles. The van der Waals surface area contributed by atoms with Crippen molar-refractivity contribution in [1.82, 2.24) is 15.5 Å². The zero-order chi connectivity index (χ0) is 19.8. The van der Waals surface area contributed by atoms with Gasteiger partial charge in [-0.3, -0.25) is 14.4 Å². The van der Waals surface area contributed by atoms with Crippen LogP contribution in [0.2, 0.25) is 0 Å². The van der Waals surface area contributed by atoms with Crippen LogP contribution in [-0.4, -0.2) is 48.9 Å². The number of hydrogen-bond donors (Lipinski definition) is 2.